The van der Waals surface area contributed by atoms with E-state index in [-0.39, 0.29) is 4.47 Å². The highest BCUT2D eigenvalue weighted by Gasteiger charge is 2.38. The van der Waals surface area contributed by atoms with Gasteiger partial charge < -0.3 is 5.11 Å². The standard InChI is InChI=1S/C8H3BrClF3O2/c9-4-2-1-3(7(14)15)5(6(4)10)8(11,12)13/h1-2H,(H,14,15). The van der Waals surface area contributed by atoms with Crippen molar-refractivity contribution < 1.29 is 23.1 Å². The second-order valence-corrected chi connectivity index (χ2v) is 3.82. The highest BCUT2D eigenvalue weighted by atomic mass is 79.9. The molecule has 0 amide bonds. The molecule has 1 aromatic rings. The summed E-state index contributed by atoms with van der Waals surface area (Å²) in [6.07, 6.45) is -4.80. The third-order valence-electron chi connectivity index (χ3n) is 1.61. The van der Waals surface area contributed by atoms with E-state index >= 15 is 0 Å². The molecule has 0 unspecified atom stereocenters. The molecule has 0 aliphatic heterocycles. The zero-order valence-electron chi connectivity index (χ0n) is 6.90. The Bertz CT molecular complexity index is 417. The fraction of sp³-hybridized carbons (Fsp3) is 0.125. The third-order valence-corrected chi connectivity index (χ3v) is 2.89. The molecule has 0 aromatic heterocycles. The highest BCUT2D eigenvalue weighted by molar-refractivity contribution is 9.10. The molecule has 0 bridgehead atoms. The minimum atomic E-state index is -4.80. The summed E-state index contributed by atoms with van der Waals surface area (Å²) >= 11 is 8.19. The van der Waals surface area contributed by atoms with Gasteiger partial charge in [-0.05, 0) is 28.1 Å². The van der Waals surface area contributed by atoms with Crippen molar-refractivity contribution in [1.29, 1.82) is 0 Å². The number of hydrogen-bond acceptors (Lipinski definition) is 1. The number of carboxylic acids is 1. The van der Waals surface area contributed by atoms with Gasteiger partial charge in [0.25, 0.3) is 0 Å². The van der Waals surface area contributed by atoms with Gasteiger partial charge in [-0.15, -0.1) is 0 Å². The van der Waals surface area contributed by atoms with Gasteiger partial charge in [0.15, 0.2) is 0 Å². The van der Waals surface area contributed by atoms with E-state index in [2.05, 4.69) is 15.9 Å². The number of hydrogen-bond donors (Lipinski definition) is 1. The predicted octanol–water partition coefficient (Wildman–Crippen LogP) is 3.82. The first-order chi connectivity index (χ1) is 6.75. The lowest BCUT2D eigenvalue weighted by atomic mass is 10.1. The molecule has 2 nitrogen and oxygen atoms in total. The molecule has 0 fully saturated rings. The van der Waals surface area contributed by atoms with Crippen LogP contribution in [0.3, 0.4) is 0 Å². The van der Waals surface area contributed by atoms with E-state index in [1.807, 2.05) is 0 Å². The van der Waals surface area contributed by atoms with Crippen LogP contribution >= 0.6 is 27.5 Å². The molecule has 15 heavy (non-hydrogen) atoms. The van der Waals surface area contributed by atoms with Crippen molar-refractivity contribution in [2.75, 3.05) is 0 Å². The van der Waals surface area contributed by atoms with Crippen molar-refractivity contribution in [2.45, 2.75) is 6.18 Å². The fourth-order valence-corrected chi connectivity index (χ4v) is 1.61. The maximum Gasteiger partial charge on any atom is 0.418 e. The molecule has 7 heteroatoms. The van der Waals surface area contributed by atoms with E-state index in [0.29, 0.717) is 0 Å². The van der Waals surface area contributed by atoms with Gasteiger partial charge in [-0.1, -0.05) is 11.6 Å². The molecule has 0 saturated carbocycles. The Kier molecular flexibility index (Phi) is 3.30. The number of halogens is 5. The minimum Gasteiger partial charge on any atom is -0.478 e. The van der Waals surface area contributed by atoms with Gasteiger partial charge in [-0.25, -0.2) is 4.79 Å². The summed E-state index contributed by atoms with van der Waals surface area (Å²) < 4.78 is 37.4. The first kappa shape index (κ1) is 12.3. The first-order valence-corrected chi connectivity index (χ1v) is 4.70. The molecule has 1 aromatic carbocycles. The Morgan fingerprint density at radius 1 is 1.40 bits per heavy atom. The average Bonchev–Trinajstić information content (AvgIpc) is 2.06. The summed E-state index contributed by atoms with van der Waals surface area (Å²) in [7, 11) is 0. The molecule has 1 rings (SSSR count). The monoisotopic (exact) mass is 302 g/mol. The van der Waals surface area contributed by atoms with Crippen molar-refractivity contribution in [1.82, 2.24) is 0 Å². The van der Waals surface area contributed by atoms with Gasteiger partial charge in [0.2, 0.25) is 0 Å². The third kappa shape index (κ3) is 2.43. The van der Waals surface area contributed by atoms with Gasteiger partial charge >= 0.3 is 12.1 Å². The highest BCUT2D eigenvalue weighted by Crippen LogP contribution is 2.40. The van der Waals surface area contributed by atoms with Crippen LogP contribution in [0.1, 0.15) is 15.9 Å². The molecule has 0 atom stereocenters. The van der Waals surface area contributed by atoms with Gasteiger partial charge in [0.1, 0.15) is 0 Å². The van der Waals surface area contributed by atoms with E-state index in [9.17, 15) is 18.0 Å². The van der Waals surface area contributed by atoms with E-state index in [1.165, 1.54) is 0 Å². The smallest absolute Gasteiger partial charge is 0.418 e. The Morgan fingerprint density at radius 2 is 1.93 bits per heavy atom. The largest absolute Gasteiger partial charge is 0.478 e. The van der Waals surface area contributed by atoms with Crippen LogP contribution in [0.2, 0.25) is 5.02 Å². The Hall–Kier alpha value is -0.750. The summed E-state index contributed by atoms with van der Waals surface area (Å²) in [5, 5.41) is 7.92. The molecule has 0 aliphatic carbocycles. The van der Waals surface area contributed by atoms with Crippen LogP contribution in [0.15, 0.2) is 16.6 Å². The SMILES string of the molecule is O=C(O)c1ccc(Br)c(Cl)c1C(F)(F)F. The maximum absolute atomic E-state index is 12.5. The molecule has 0 saturated heterocycles. The normalized spacial score (nSPS) is 11.5. The molecular formula is C8H3BrClF3O2. The van der Waals surface area contributed by atoms with Crippen LogP contribution in [0.4, 0.5) is 13.2 Å². The number of aromatic carboxylic acids is 1. The minimum absolute atomic E-state index is 0.00138. The quantitative estimate of drug-likeness (QED) is 0.856. The van der Waals surface area contributed by atoms with Gasteiger partial charge in [-0.2, -0.15) is 13.2 Å². The lowest BCUT2D eigenvalue weighted by Gasteiger charge is -2.12. The number of rotatable bonds is 1. The average molecular weight is 303 g/mol. The second kappa shape index (κ2) is 4.02. The fourth-order valence-electron chi connectivity index (χ4n) is 1.01. The van der Waals surface area contributed by atoms with Gasteiger partial charge in [0, 0.05) is 4.47 Å². The first-order valence-electron chi connectivity index (χ1n) is 3.53. The van der Waals surface area contributed by atoms with Crippen LogP contribution in [0, 0.1) is 0 Å². The van der Waals surface area contributed by atoms with Crippen LogP contribution in [0.5, 0.6) is 0 Å². The lowest BCUT2D eigenvalue weighted by molar-refractivity contribution is -0.138. The van der Waals surface area contributed by atoms with Crippen LogP contribution < -0.4 is 0 Å². The van der Waals surface area contributed by atoms with E-state index in [1.54, 1.807) is 0 Å². The van der Waals surface area contributed by atoms with E-state index in [4.69, 9.17) is 16.7 Å². The van der Waals surface area contributed by atoms with Crippen LogP contribution in [-0.4, -0.2) is 11.1 Å². The second-order valence-electron chi connectivity index (χ2n) is 2.59. The molecule has 0 spiro atoms. The topological polar surface area (TPSA) is 37.3 Å². The lowest BCUT2D eigenvalue weighted by Crippen LogP contribution is -2.13. The van der Waals surface area contributed by atoms with Crippen molar-refractivity contribution in [3.8, 4) is 0 Å². The predicted molar refractivity (Wildman–Crippen MR) is 51.1 cm³/mol. The summed E-state index contributed by atoms with van der Waals surface area (Å²) in [6, 6.07) is 2.00. The summed E-state index contributed by atoms with van der Waals surface area (Å²) in [6.45, 7) is 0. The van der Waals surface area contributed by atoms with Crippen LogP contribution in [0.25, 0.3) is 0 Å². The summed E-state index contributed by atoms with van der Waals surface area (Å²) in [5.41, 5.74) is -2.21. The molecule has 0 radical (unpaired) electrons. The van der Waals surface area contributed by atoms with E-state index in [0.717, 1.165) is 12.1 Å². The summed E-state index contributed by atoms with van der Waals surface area (Å²) in [5.74, 6) is -1.67. The van der Waals surface area contributed by atoms with Crippen molar-refractivity contribution in [2.24, 2.45) is 0 Å². The van der Waals surface area contributed by atoms with Crippen molar-refractivity contribution >= 4 is 33.5 Å². The number of benzene rings is 1. The Labute approximate surface area is 95.8 Å². The maximum atomic E-state index is 12.5. The zero-order valence-corrected chi connectivity index (χ0v) is 9.24. The van der Waals surface area contributed by atoms with E-state index < -0.39 is 28.3 Å². The van der Waals surface area contributed by atoms with Crippen LogP contribution in [-0.2, 0) is 6.18 Å². The number of carboxylic acid groups (broad SMARTS) is 1. The molecule has 1 N–H and O–H groups in total. The van der Waals surface area contributed by atoms with Gasteiger partial charge in [0.05, 0.1) is 16.1 Å². The molecule has 0 aliphatic rings. The number of carbonyl (C=O) groups is 1. The van der Waals surface area contributed by atoms with Gasteiger partial charge in [-0.3, -0.25) is 0 Å². The Balaban J connectivity index is 3.57. The molecule has 82 valence electrons. The zero-order chi connectivity index (χ0) is 11.8. The molecule has 0 heterocycles. The van der Waals surface area contributed by atoms with Crippen molar-refractivity contribution in [3.05, 3.63) is 32.8 Å². The number of alkyl halides is 3. The van der Waals surface area contributed by atoms with Crippen molar-refractivity contribution in [3.63, 3.8) is 0 Å². The molecular weight excluding hydrogens is 300 g/mol. The Morgan fingerprint density at radius 3 is 2.33 bits per heavy atom. The summed E-state index contributed by atoms with van der Waals surface area (Å²) in [4.78, 5) is 10.6.